The predicted molar refractivity (Wildman–Crippen MR) is 126 cm³/mol. The van der Waals surface area contributed by atoms with Gasteiger partial charge in [0.25, 0.3) is 11.5 Å². The first-order valence-corrected chi connectivity index (χ1v) is 11.4. The highest BCUT2D eigenvalue weighted by atomic mass is 19.4. The van der Waals surface area contributed by atoms with Gasteiger partial charge in [0.2, 0.25) is 0 Å². The number of alkyl halides is 3. The number of carbonyl (C=O) groups excluding carboxylic acids is 1. The summed E-state index contributed by atoms with van der Waals surface area (Å²) in [7, 11) is 0. The molecule has 7 nitrogen and oxygen atoms in total. The van der Waals surface area contributed by atoms with Gasteiger partial charge in [-0.1, -0.05) is 0 Å². The fourth-order valence-electron chi connectivity index (χ4n) is 4.48. The highest BCUT2D eigenvalue weighted by molar-refractivity contribution is 5.94. The number of hydrogen-bond acceptors (Lipinski definition) is 5. The Morgan fingerprint density at radius 1 is 1.11 bits per heavy atom. The number of aromatic nitrogens is 2. The number of carbonyl (C=O) groups is 1. The molecule has 0 spiro atoms. The zero-order chi connectivity index (χ0) is 25.5. The van der Waals surface area contributed by atoms with E-state index in [0.717, 1.165) is 18.2 Å². The molecule has 0 radical (unpaired) electrons. The zero-order valence-corrected chi connectivity index (χ0v) is 19.9. The van der Waals surface area contributed by atoms with Crippen LogP contribution in [0.1, 0.15) is 48.7 Å². The Kier molecular flexibility index (Phi) is 6.59. The number of anilines is 1. The maximum absolute atomic E-state index is 13.1. The van der Waals surface area contributed by atoms with Crippen LogP contribution in [0.4, 0.5) is 18.9 Å². The van der Waals surface area contributed by atoms with Crippen molar-refractivity contribution >= 4 is 22.5 Å². The molecule has 0 unspecified atom stereocenters. The Labute approximate surface area is 200 Å². The van der Waals surface area contributed by atoms with Crippen molar-refractivity contribution in [2.75, 3.05) is 18.4 Å². The van der Waals surface area contributed by atoms with Crippen LogP contribution in [0.3, 0.4) is 0 Å². The molecule has 1 aromatic heterocycles. The summed E-state index contributed by atoms with van der Waals surface area (Å²) in [5.41, 5.74) is -0.0675. The van der Waals surface area contributed by atoms with Crippen LogP contribution in [0, 0.1) is 6.92 Å². The lowest BCUT2D eigenvalue weighted by atomic mass is 10.1. The summed E-state index contributed by atoms with van der Waals surface area (Å²) in [6.45, 7) is 8.26. The minimum atomic E-state index is -4.51. The first kappa shape index (κ1) is 24.7. The smallest absolute Gasteiger partial charge is 0.372 e. The molecule has 1 fully saturated rings. The maximum Gasteiger partial charge on any atom is 0.416 e. The normalized spacial score (nSPS) is 19.6. The van der Waals surface area contributed by atoms with E-state index in [4.69, 9.17) is 4.74 Å². The molecule has 0 bridgehead atoms. The van der Waals surface area contributed by atoms with E-state index in [9.17, 15) is 22.8 Å². The van der Waals surface area contributed by atoms with Crippen LogP contribution in [0.25, 0.3) is 10.9 Å². The van der Waals surface area contributed by atoms with E-state index in [2.05, 4.69) is 10.3 Å². The molecular formula is C25H27F3N4O3. The molecule has 0 saturated carbocycles. The fraction of sp³-hybridized carbons (Fsp3) is 0.400. The van der Waals surface area contributed by atoms with E-state index in [1.54, 1.807) is 43.0 Å². The second-order valence-corrected chi connectivity index (χ2v) is 8.93. The predicted octanol–water partition coefficient (Wildman–Crippen LogP) is 4.60. The van der Waals surface area contributed by atoms with E-state index in [-0.39, 0.29) is 34.8 Å². The number of benzene rings is 2. The summed E-state index contributed by atoms with van der Waals surface area (Å²) < 4.78 is 46.2. The molecule has 1 aliphatic heterocycles. The van der Waals surface area contributed by atoms with Crippen molar-refractivity contribution in [3.63, 3.8) is 0 Å². The van der Waals surface area contributed by atoms with Gasteiger partial charge in [0.15, 0.2) is 0 Å². The highest BCUT2D eigenvalue weighted by Gasteiger charge is 2.31. The fourth-order valence-corrected chi connectivity index (χ4v) is 4.48. The van der Waals surface area contributed by atoms with E-state index in [1.165, 1.54) is 4.57 Å². The molecule has 2 heterocycles. The van der Waals surface area contributed by atoms with Gasteiger partial charge in [0, 0.05) is 24.3 Å². The first-order chi connectivity index (χ1) is 16.4. The monoisotopic (exact) mass is 488 g/mol. The number of amides is 1. The van der Waals surface area contributed by atoms with Gasteiger partial charge in [-0.15, -0.1) is 0 Å². The molecule has 10 heteroatoms. The van der Waals surface area contributed by atoms with Crippen molar-refractivity contribution < 1.29 is 22.7 Å². The summed E-state index contributed by atoms with van der Waals surface area (Å²) in [5.74, 6) is 0.208. The Morgan fingerprint density at radius 2 is 1.74 bits per heavy atom. The van der Waals surface area contributed by atoms with Gasteiger partial charge in [-0.2, -0.15) is 13.2 Å². The summed E-state index contributed by atoms with van der Waals surface area (Å²) in [6, 6.07) is 9.86. The number of halogens is 3. The average Bonchev–Trinajstić information content (AvgIpc) is 2.77. The second-order valence-electron chi connectivity index (χ2n) is 8.93. The molecule has 186 valence electrons. The summed E-state index contributed by atoms with van der Waals surface area (Å²) in [6.07, 6.45) is -5.10. The van der Waals surface area contributed by atoms with Gasteiger partial charge in [-0.25, -0.2) is 4.98 Å². The molecule has 1 N–H and O–H groups in total. The van der Waals surface area contributed by atoms with Crippen LogP contribution in [-0.2, 0) is 10.9 Å². The summed E-state index contributed by atoms with van der Waals surface area (Å²) in [5, 5.41) is 3.30. The number of morpholine rings is 1. The lowest BCUT2D eigenvalue weighted by Gasteiger charge is -2.35. The largest absolute Gasteiger partial charge is 0.416 e. The van der Waals surface area contributed by atoms with Gasteiger partial charge in [0.05, 0.1) is 28.7 Å². The third kappa shape index (κ3) is 5.17. The van der Waals surface area contributed by atoms with Gasteiger partial charge in [0.1, 0.15) is 12.0 Å². The summed E-state index contributed by atoms with van der Waals surface area (Å²) in [4.78, 5) is 31.9. The third-order valence-corrected chi connectivity index (χ3v) is 6.01. The third-order valence-electron chi connectivity index (χ3n) is 6.01. The number of rotatable bonds is 4. The molecule has 1 saturated heterocycles. The quantitative estimate of drug-likeness (QED) is 0.581. The summed E-state index contributed by atoms with van der Waals surface area (Å²) >= 11 is 0. The molecule has 0 aliphatic carbocycles. The van der Waals surface area contributed by atoms with Crippen molar-refractivity contribution in [1.29, 1.82) is 0 Å². The molecule has 1 aliphatic rings. The SMILES string of the molecule is Cc1nc2cc(C(F)(F)F)ccc2c(=O)n1[C@@H](C)Nc1ccc(C(=O)N2C[C@@H](C)O[C@@H](C)C2)cc1. The Morgan fingerprint density at radius 3 is 2.34 bits per heavy atom. The number of hydrogen-bond donors (Lipinski definition) is 1. The topological polar surface area (TPSA) is 76.5 Å². The van der Waals surface area contributed by atoms with E-state index < -0.39 is 23.5 Å². The molecule has 3 aromatic rings. The minimum Gasteiger partial charge on any atom is -0.372 e. The first-order valence-electron chi connectivity index (χ1n) is 11.4. The highest BCUT2D eigenvalue weighted by Crippen LogP contribution is 2.30. The van der Waals surface area contributed by atoms with Crippen LogP contribution in [0.5, 0.6) is 0 Å². The van der Waals surface area contributed by atoms with Crippen molar-refractivity contribution in [2.24, 2.45) is 0 Å². The molecule has 4 rings (SSSR count). The molecule has 3 atom stereocenters. The number of nitrogens with zero attached hydrogens (tertiary/aromatic N) is 3. The van der Waals surface area contributed by atoms with Crippen LogP contribution in [-0.4, -0.2) is 45.7 Å². The van der Waals surface area contributed by atoms with Gasteiger partial charge >= 0.3 is 6.18 Å². The van der Waals surface area contributed by atoms with Crippen LogP contribution in [0.2, 0.25) is 0 Å². The van der Waals surface area contributed by atoms with Crippen LogP contribution in [0.15, 0.2) is 47.3 Å². The zero-order valence-electron chi connectivity index (χ0n) is 19.9. The van der Waals surface area contributed by atoms with Gasteiger partial charge < -0.3 is 15.0 Å². The van der Waals surface area contributed by atoms with Crippen molar-refractivity contribution in [1.82, 2.24) is 14.5 Å². The Hall–Kier alpha value is -3.40. The van der Waals surface area contributed by atoms with E-state index in [1.807, 2.05) is 13.8 Å². The van der Waals surface area contributed by atoms with E-state index in [0.29, 0.717) is 24.3 Å². The molecule has 1 amide bonds. The van der Waals surface area contributed by atoms with Crippen molar-refractivity contribution in [2.45, 2.75) is 52.2 Å². The average molecular weight is 489 g/mol. The van der Waals surface area contributed by atoms with E-state index >= 15 is 0 Å². The van der Waals surface area contributed by atoms with Crippen molar-refractivity contribution in [3.8, 4) is 0 Å². The maximum atomic E-state index is 13.1. The number of nitrogens with one attached hydrogen (secondary N) is 1. The molecule has 35 heavy (non-hydrogen) atoms. The number of aryl methyl sites for hydroxylation is 1. The molecule has 2 aromatic carbocycles. The Balaban J connectivity index is 1.53. The number of ether oxygens (including phenoxy) is 1. The minimum absolute atomic E-state index is 0.000361. The van der Waals surface area contributed by atoms with Gasteiger partial charge in [-0.3, -0.25) is 14.2 Å². The van der Waals surface area contributed by atoms with Crippen molar-refractivity contribution in [3.05, 3.63) is 69.8 Å². The van der Waals surface area contributed by atoms with Gasteiger partial charge in [-0.05, 0) is 70.2 Å². The molecular weight excluding hydrogens is 461 g/mol. The van der Waals surface area contributed by atoms with Crippen LogP contribution >= 0.6 is 0 Å². The number of fused-ring (bicyclic) bond motifs is 1. The Bertz CT molecular complexity index is 1290. The standard InChI is InChI=1S/C25H27F3N4O3/c1-14-12-31(13-15(2)35-14)23(33)18-5-8-20(9-6-18)29-16(3)32-17(4)30-22-11-19(25(26,27)28)7-10-21(22)24(32)34/h5-11,14-16,29H,12-13H2,1-4H3/t14-,15+,16-/m0/s1. The lowest BCUT2D eigenvalue weighted by molar-refractivity contribution is -0.137. The second kappa shape index (κ2) is 9.33. The van der Waals surface area contributed by atoms with Crippen LogP contribution < -0.4 is 10.9 Å². The lowest BCUT2D eigenvalue weighted by Crippen LogP contribution is -2.48.